The summed E-state index contributed by atoms with van der Waals surface area (Å²) in [5.74, 6) is 2.70. The van der Waals surface area contributed by atoms with E-state index in [1.54, 1.807) is 0 Å². The fourth-order valence-corrected chi connectivity index (χ4v) is 48.3. The van der Waals surface area contributed by atoms with E-state index in [2.05, 4.69) is 146 Å². The van der Waals surface area contributed by atoms with Crippen LogP contribution >= 0.6 is 36.2 Å². The van der Waals surface area contributed by atoms with E-state index in [1.165, 1.54) is 38.9 Å². The first-order chi connectivity index (χ1) is 24.9. The number of hydrogen-bond acceptors (Lipinski definition) is 4. The van der Waals surface area contributed by atoms with E-state index in [0.717, 1.165) is 53.3 Å². The minimum Gasteiger partial charge on any atom is -0.483 e. The molecule has 3 aliphatic rings. The van der Waals surface area contributed by atoms with Crippen molar-refractivity contribution in [3.63, 3.8) is 0 Å². The summed E-state index contributed by atoms with van der Waals surface area (Å²) in [5.41, 5.74) is 11.3. The highest BCUT2D eigenvalue weighted by molar-refractivity contribution is 14.2. The number of fused-ring (bicyclic) bond motifs is 9. The maximum atomic E-state index is 7.40. The molecule has 0 saturated heterocycles. The van der Waals surface area contributed by atoms with Crippen LogP contribution in [0.1, 0.15) is 16.7 Å². The Morgan fingerprint density at radius 3 is 1.65 bits per heavy atom. The van der Waals surface area contributed by atoms with Crippen molar-refractivity contribution in [2.45, 2.75) is 18.7 Å². The van der Waals surface area contributed by atoms with E-state index in [9.17, 15) is 0 Å². The number of rotatable bonds is 2. The Hall–Kier alpha value is -3.59. The Bertz CT molecular complexity index is 2440. The normalized spacial score (nSPS) is 23.1. The van der Waals surface area contributed by atoms with Gasteiger partial charge in [0.05, 0.1) is 4.67 Å². The topological polar surface area (TPSA) is 40.0 Å². The second-order valence-electron chi connectivity index (χ2n) is 13.5. The molecule has 0 aliphatic carbocycles. The molecule has 51 heavy (non-hydrogen) atoms. The van der Waals surface area contributed by atoms with E-state index in [1.807, 2.05) is 6.07 Å². The predicted octanol–water partition coefficient (Wildman–Crippen LogP) is 13.6. The number of aryl methyl sites for hydroxylation is 1. The first kappa shape index (κ1) is 33.3. The molecular formula is C43H39INO3P3. The van der Waals surface area contributed by atoms with Gasteiger partial charge in [0.2, 0.25) is 0 Å². The lowest BCUT2D eigenvalue weighted by molar-refractivity contribution is 0.374. The molecular weight excluding hydrogens is 798 g/mol. The van der Waals surface area contributed by atoms with Crippen LogP contribution in [0.4, 0.5) is 0 Å². The minimum absolute atomic E-state index is 0.337. The quantitative estimate of drug-likeness (QED) is 0.129. The third-order valence-corrected chi connectivity index (χ3v) is 40.3. The van der Waals surface area contributed by atoms with Gasteiger partial charge in [0.1, 0.15) is 17.2 Å². The zero-order chi connectivity index (χ0) is 34.5. The van der Waals surface area contributed by atoms with Gasteiger partial charge in [0.25, 0.3) is 0 Å². The summed E-state index contributed by atoms with van der Waals surface area (Å²) < 4.78 is 23.2. The number of halogens is 1. The summed E-state index contributed by atoms with van der Waals surface area (Å²) in [7, 11) is -2.73. The van der Waals surface area contributed by atoms with E-state index < -0.39 is 36.2 Å². The lowest BCUT2D eigenvalue weighted by atomic mass is 9.95. The molecule has 0 bridgehead atoms. The number of hydrogen-bond donors (Lipinski definition) is 0. The molecule has 3 aliphatic heterocycles. The van der Waals surface area contributed by atoms with Crippen LogP contribution in [-0.2, 0) is 18.7 Å². The van der Waals surface area contributed by atoms with Crippen molar-refractivity contribution in [2.75, 3.05) is 19.2 Å². The third-order valence-electron chi connectivity index (χ3n) is 9.78. The van der Waals surface area contributed by atoms with Gasteiger partial charge in [-0.1, -0.05) is 127 Å². The fraction of sp³-hybridized carbons (Fsp3) is 0.140. The van der Waals surface area contributed by atoms with Crippen molar-refractivity contribution in [3.05, 3.63) is 162 Å². The Balaban J connectivity index is 1.28. The summed E-state index contributed by atoms with van der Waals surface area (Å²) in [4.78, 5) is 0. The Morgan fingerprint density at radius 2 is 0.980 bits per heavy atom. The van der Waals surface area contributed by atoms with Crippen LogP contribution in [0.2, 0.25) is 0 Å². The molecule has 3 heterocycles. The van der Waals surface area contributed by atoms with E-state index >= 15 is 0 Å². The fourth-order valence-electron chi connectivity index (χ4n) is 7.58. The average Bonchev–Trinajstić information content (AvgIpc) is 3.26. The Labute approximate surface area is 309 Å². The van der Waals surface area contributed by atoms with Crippen molar-refractivity contribution in [1.29, 1.82) is 0 Å². The highest BCUT2D eigenvalue weighted by Crippen LogP contribution is 2.81. The summed E-state index contributed by atoms with van der Waals surface area (Å²) in [6.45, 7) is 2.46. The first-order valence-electron chi connectivity index (χ1n) is 17.3. The van der Waals surface area contributed by atoms with Crippen LogP contribution in [0.3, 0.4) is 0 Å². The average molecular weight is 838 g/mol. The highest BCUT2D eigenvalue weighted by atomic mass is 127. The third kappa shape index (κ3) is 6.53. The van der Waals surface area contributed by atoms with Crippen LogP contribution < -0.4 is 13.8 Å². The number of para-hydroxylation sites is 3. The van der Waals surface area contributed by atoms with E-state index in [0.29, 0.717) is 6.35 Å². The van der Waals surface area contributed by atoms with E-state index in [4.69, 9.17) is 24.6 Å². The van der Waals surface area contributed by atoms with Gasteiger partial charge in [-0.3, -0.25) is 0 Å². The van der Waals surface area contributed by atoms with Gasteiger partial charge in [0.15, 0.2) is 13.6 Å². The van der Waals surface area contributed by atoms with E-state index in [-0.39, 0.29) is 0 Å². The maximum Gasteiger partial charge on any atom is 0.189 e. The molecule has 6 aromatic rings. The van der Waals surface area contributed by atoms with Crippen LogP contribution in [-0.4, -0.2) is 25.5 Å². The van der Waals surface area contributed by atoms with Gasteiger partial charge < -0.3 is 13.8 Å². The van der Waals surface area contributed by atoms with Gasteiger partial charge in [-0.25, -0.2) is 4.52 Å². The van der Waals surface area contributed by atoms with Crippen molar-refractivity contribution in [3.8, 4) is 50.6 Å². The SMILES string of the molecule is C=P1(N=P2(I=[P@]3(C)Cc4ccccc4-c4ccccc4O3)CCc3ccccc3-c3ccccc3C2)COc2ccccc2-c2ccccc2O1. The lowest BCUT2D eigenvalue weighted by Crippen LogP contribution is -2.09. The number of benzene rings is 6. The standard InChI is InChI=1S/C43H39INO3P3/c1-49(29-33-16-4-8-20-37(33)38-21-10-13-25-42(38)47-49)44-51(28-27-32-15-3-6-18-35(32)36-19-7-5-17-34(36)30-51)45-50(2)31-46-41-24-12-9-22-39(41)40-23-11-14-26-43(40)48-50/h3-26H,2,27-31H2,1H3/t49-,50?,51?/m0/s1. The van der Waals surface area contributed by atoms with Crippen LogP contribution in [0, 0.1) is 0 Å². The van der Waals surface area contributed by atoms with Gasteiger partial charge >= 0.3 is 0 Å². The molecule has 8 heteroatoms. The molecule has 3 atom stereocenters. The zero-order valence-corrected chi connectivity index (χ0v) is 33.3. The van der Waals surface area contributed by atoms with Crippen LogP contribution in [0.5, 0.6) is 17.2 Å². The Morgan fingerprint density at radius 1 is 0.529 bits per heavy atom. The molecule has 6 aromatic carbocycles. The molecule has 0 spiro atoms. The first-order valence-corrected chi connectivity index (χ1v) is 29.4. The smallest absolute Gasteiger partial charge is 0.189 e. The molecule has 4 nitrogen and oxygen atoms in total. The lowest BCUT2D eigenvalue weighted by Gasteiger charge is -2.34. The van der Waals surface area contributed by atoms with Gasteiger partial charge in [-0.05, 0) is 96.7 Å². The van der Waals surface area contributed by atoms with Crippen molar-refractivity contribution in [1.82, 2.24) is 0 Å². The summed E-state index contributed by atoms with van der Waals surface area (Å²) >= 11 is -0.615. The molecule has 0 saturated carbocycles. The molecule has 0 N–H and O–H groups in total. The molecule has 0 aromatic heterocycles. The van der Waals surface area contributed by atoms with Crippen molar-refractivity contribution >= 4 is 42.5 Å². The Kier molecular flexibility index (Phi) is 8.76. The largest absolute Gasteiger partial charge is 0.483 e. The number of nitrogens with zero attached hydrogens (tertiary/aromatic N) is 1. The molecule has 0 amide bonds. The van der Waals surface area contributed by atoms with Gasteiger partial charge in [-0.2, -0.15) is 0 Å². The van der Waals surface area contributed by atoms with Crippen molar-refractivity contribution in [2.24, 2.45) is 4.52 Å². The zero-order valence-electron chi connectivity index (χ0n) is 28.5. The summed E-state index contributed by atoms with van der Waals surface area (Å²) in [6, 6.07) is 52.1. The highest BCUT2D eigenvalue weighted by Gasteiger charge is 2.34. The second-order valence-corrected chi connectivity index (χ2v) is 37.2. The second kappa shape index (κ2) is 13.4. The van der Waals surface area contributed by atoms with Crippen LogP contribution in [0.25, 0.3) is 33.4 Å². The monoisotopic (exact) mass is 837 g/mol. The minimum atomic E-state index is -2.73. The number of ether oxygens (including phenoxy) is 1. The maximum absolute atomic E-state index is 7.40. The molecule has 0 radical (unpaired) electrons. The molecule has 9 rings (SSSR count). The predicted molar refractivity (Wildman–Crippen MR) is 229 cm³/mol. The summed E-state index contributed by atoms with van der Waals surface area (Å²) in [6.07, 6.45) is 9.09. The van der Waals surface area contributed by atoms with Crippen LogP contribution in [0.15, 0.2) is 150 Å². The van der Waals surface area contributed by atoms with Gasteiger partial charge in [0, 0.05) is 33.7 Å². The summed E-state index contributed by atoms with van der Waals surface area (Å²) in [5, 5.41) is 0. The molecule has 0 fully saturated rings. The van der Waals surface area contributed by atoms with Crippen molar-refractivity contribution < 1.29 is 13.8 Å². The molecule has 256 valence electrons. The molecule has 2 unspecified atom stereocenters. The van der Waals surface area contributed by atoms with Gasteiger partial charge in [-0.15, -0.1) is 0 Å².